The molecule has 0 aromatic heterocycles. The Kier molecular flexibility index (Phi) is 4.89. The highest BCUT2D eigenvalue weighted by atomic mass is 19.1. The number of carbonyl (C=O) groups excluding carboxylic acids is 1. The fourth-order valence-electron chi connectivity index (χ4n) is 3.82. The van der Waals surface area contributed by atoms with E-state index in [-0.39, 0.29) is 11.7 Å². The average molecular weight is 353 g/mol. The summed E-state index contributed by atoms with van der Waals surface area (Å²) in [6.07, 6.45) is 0.945. The minimum Gasteiger partial charge on any atom is -0.369 e. The van der Waals surface area contributed by atoms with E-state index in [9.17, 15) is 9.18 Å². The third-order valence-corrected chi connectivity index (χ3v) is 5.41. The summed E-state index contributed by atoms with van der Waals surface area (Å²) in [6, 6.07) is 15.0. The molecule has 1 amide bonds. The van der Waals surface area contributed by atoms with E-state index < -0.39 is 0 Å². The molecule has 0 bridgehead atoms. The molecule has 2 aromatic rings. The molecule has 2 aliphatic rings. The van der Waals surface area contributed by atoms with Gasteiger partial charge in [0, 0.05) is 45.0 Å². The summed E-state index contributed by atoms with van der Waals surface area (Å²) in [5.74, 6) is 0.0100. The van der Waals surface area contributed by atoms with Gasteiger partial charge in [-0.05, 0) is 41.8 Å². The lowest BCUT2D eigenvalue weighted by atomic mass is 10.00. The first-order valence-electron chi connectivity index (χ1n) is 9.26. The first-order chi connectivity index (χ1) is 12.7. The molecular weight excluding hydrogens is 329 g/mol. The van der Waals surface area contributed by atoms with E-state index in [1.807, 2.05) is 23.1 Å². The fraction of sp³-hybridized carbons (Fsp3) is 0.381. The first-order valence-corrected chi connectivity index (χ1v) is 9.26. The zero-order valence-corrected chi connectivity index (χ0v) is 14.9. The van der Waals surface area contributed by atoms with E-state index in [0.717, 1.165) is 51.4 Å². The molecule has 26 heavy (non-hydrogen) atoms. The van der Waals surface area contributed by atoms with Gasteiger partial charge in [-0.3, -0.25) is 9.69 Å². The maximum Gasteiger partial charge on any atom is 0.237 e. The van der Waals surface area contributed by atoms with Crippen molar-refractivity contribution < 1.29 is 9.18 Å². The summed E-state index contributed by atoms with van der Waals surface area (Å²) in [5, 5.41) is 0. The molecule has 136 valence electrons. The molecule has 2 aromatic carbocycles. The van der Waals surface area contributed by atoms with Crippen LogP contribution in [0.1, 0.15) is 11.1 Å². The van der Waals surface area contributed by atoms with Crippen molar-refractivity contribution in [1.82, 2.24) is 9.80 Å². The second-order valence-corrected chi connectivity index (χ2v) is 7.07. The van der Waals surface area contributed by atoms with Crippen molar-refractivity contribution >= 4 is 11.6 Å². The second kappa shape index (κ2) is 7.46. The maximum absolute atomic E-state index is 13.1. The Morgan fingerprint density at radius 1 is 0.885 bits per heavy atom. The van der Waals surface area contributed by atoms with Gasteiger partial charge in [0.2, 0.25) is 5.91 Å². The van der Waals surface area contributed by atoms with E-state index in [1.165, 1.54) is 23.3 Å². The van der Waals surface area contributed by atoms with Crippen molar-refractivity contribution in [3.05, 3.63) is 65.5 Å². The monoisotopic (exact) mass is 353 g/mol. The smallest absolute Gasteiger partial charge is 0.237 e. The standard InChI is InChI=1S/C21H24FN3O/c22-19-5-7-20(8-6-19)24-13-11-23(12-14-24)16-21(26)25-10-9-17-3-1-2-4-18(17)15-25/h1-8H,9-16H2. The normalized spacial score (nSPS) is 17.9. The molecule has 1 saturated heterocycles. The number of piperazine rings is 1. The SMILES string of the molecule is O=C(CN1CCN(c2ccc(F)cc2)CC1)N1CCc2ccccc2C1. The van der Waals surface area contributed by atoms with Crippen LogP contribution >= 0.6 is 0 Å². The Bertz CT molecular complexity index is 769. The van der Waals surface area contributed by atoms with Gasteiger partial charge in [0.25, 0.3) is 0 Å². The van der Waals surface area contributed by atoms with Crippen LogP contribution in [0.2, 0.25) is 0 Å². The number of nitrogens with zero attached hydrogens (tertiary/aromatic N) is 3. The molecule has 0 spiro atoms. The van der Waals surface area contributed by atoms with Crippen LogP contribution in [-0.4, -0.2) is 55.0 Å². The van der Waals surface area contributed by atoms with Crippen LogP contribution in [0, 0.1) is 5.82 Å². The van der Waals surface area contributed by atoms with Gasteiger partial charge in [0.1, 0.15) is 5.82 Å². The Morgan fingerprint density at radius 2 is 1.58 bits per heavy atom. The van der Waals surface area contributed by atoms with Gasteiger partial charge in [-0.2, -0.15) is 0 Å². The zero-order valence-electron chi connectivity index (χ0n) is 14.9. The van der Waals surface area contributed by atoms with Crippen LogP contribution in [0.3, 0.4) is 0 Å². The van der Waals surface area contributed by atoms with E-state index in [0.29, 0.717) is 6.54 Å². The summed E-state index contributed by atoms with van der Waals surface area (Å²) in [6.45, 7) is 5.46. The summed E-state index contributed by atoms with van der Waals surface area (Å²) in [4.78, 5) is 19.1. The van der Waals surface area contributed by atoms with Gasteiger partial charge in [0.05, 0.1) is 6.54 Å². The number of fused-ring (bicyclic) bond motifs is 1. The molecule has 5 heteroatoms. The summed E-state index contributed by atoms with van der Waals surface area (Å²) in [5.41, 5.74) is 3.68. The molecule has 0 radical (unpaired) electrons. The van der Waals surface area contributed by atoms with Crippen LogP contribution < -0.4 is 4.90 Å². The number of hydrogen-bond acceptors (Lipinski definition) is 3. The molecule has 0 N–H and O–H groups in total. The van der Waals surface area contributed by atoms with Crippen molar-refractivity contribution in [1.29, 1.82) is 0 Å². The molecule has 0 unspecified atom stereocenters. The lowest BCUT2D eigenvalue weighted by Crippen LogP contribution is -2.50. The fourth-order valence-corrected chi connectivity index (χ4v) is 3.82. The van der Waals surface area contributed by atoms with E-state index in [1.54, 1.807) is 0 Å². The van der Waals surface area contributed by atoms with Gasteiger partial charge in [-0.15, -0.1) is 0 Å². The predicted octanol–water partition coefficient (Wildman–Crippen LogP) is 2.53. The van der Waals surface area contributed by atoms with Gasteiger partial charge in [-0.25, -0.2) is 4.39 Å². The Labute approximate surface area is 153 Å². The number of halogens is 1. The Balaban J connectivity index is 1.29. The van der Waals surface area contributed by atoms with E-state index in [2.05, 4.69) is 28.0 Å². The molecule has 2 aliphatic heterocycles. The van der Waals surface area contributed by atoms with Crippen molar-refractivity contribution in [3.63, 3.8) is 0 Å². The number of hydrogen-bond donors (Lipinski definition) is 0. The van der Waals surface area contributed by atoms with Crippen LogP contribution in [0.5, 0.6) is 0 Å². The minimum absolute atomic E-state index is 0.207. The largest absolute Gasteiger partial charge is 0.369 e. The number of amides is 1. The van der Waals surface area contributed by atoms with Crippen molar-refractivity contribution in [2.45, 2.75) is 13.0 Å². The molecule has 4 rings (SSSR count). The van der Waals surface area contributed by atoms with Crippen LogP contribution in [0.25, 0.3) is 0 Å². The Hall–Kier alpha value is -2.40. The van der Waals surface area contributed by atoms with E-state index in [4.69, 9.17) is 0 Å². The van der Waals surface area contributed by atoms with Crippen LogP contribution in [0.15, 0.2) is 48.5 Å². The number of carbonyl (C=O) groups is 1. The highest BCUT2D eigenvalue weighted by Gasteiger charge is 2.24. The molecular formula is C21H24FN3O. The molecule has 1 fully saturated rings. The van der Waals surface area contributed by atoms with E-state index >= 15 is 0 Å². The lowest BCUT2D eigenvalue weighted by Gasteiger charge is -2.37. The summed E-state index contributed by atoms with van der Waals surface area (Å²) < 4.78 is 13.1. The van der Waals surface area contributed by atoms with Crippen LogP contribution in [-0.2, 0) is 17.8 Å². The number of rotatable bonds is 3. The highest BCUT2D eigenvalue weighted by Crippen LogP contribution is 2.20. The van der Waals surface area contributed by atoms with Gasteiger partial charge >= 0.3 is 0 Å². The van der Waals surface area contributed by atoms with Crippen molar-refractivity contribution in [2.24, 2.45) is 0 Å². The first kappa shape index (κ1) is 17.0. The highest BCUT2D eigenvalue weighted by molar-refractivity contribution is 5.78. The number of anilines is 1. The number of benzene rings is 2. The zero-order chi connectivity index (χ0) is 17.9. The van der Waals surface area contributed by atoms with Gasteiger partial charge < -0.3 is 9.80 Å². The molecule has 0 atom stereocenters. The minimum atomic E-state index is -0.207. The Morgan fingerprint density at radius 3 is 2.31 bits per heavy atom. The van der Waals surface area contributed by atoms with Crippen molar-refractivity contribution in [2.75, 3.05) is 44.2 Å². The van der Waals surface area contributed by atoms with Crippen molar-refractivity contribution in [3.8, 4) is 0 Å². The van der Waals surface area contributed by atoms with Gasteiger partial charge in [0.15, 0.2) is 0 Å². The molecule has 0 aliphatic carbocycles. The average Bonchev–Trinajstić information content (AvgIpc) is 2.69. The summed E-state index contributed by atoms with van der Waals surface area (Å²) >= 11 is 0. The molecule has 4 nitrogen and oxygen atoms in total. The third kappa shape index (κ3) is 3.73. The second-order valence-electron chi connectivity index (χ2n) is 7.07. The van der Waals surface area contributed by atoms with Crippen LogP contribution in [0.4, 0.5) is 10.1 Å². The quantitative estimate of drug-likeness (QED) is 0.848. The molecule has 0 saturated carbocycles. The topological polar surface area (TPSA) is 26.8 Å². The molecule has 2 heterocycles. The van der Waals surface area contributed by atoms with Gasteiger partial charge in [-0.1, -0.05) is 24.3 Å². The third-order valence-electron chi connectivity index (χ3n) is 5.41. The summed E-state index contributed by atoms with van der Waals surface area (Å²) in [7, 11) is 0. The lowest BCUT2D eigenvalue weighted by molar-refractivity contribution is -0.133. The maximum atomic E-state index is 13.1. The predicted molar refractivity (Wildman–Crippen MR) is 101 cm³/mol.